The van der Waals surface area contributed by atoms with Crippen LogP contribution in [0.5, 0.6) is 0 Å². The number of benzene rings is 9. The molecule has 9 aromatic carbocycles. The first-order valence-electron chi connectivity index (χ1n) is 22.1. The highest BCUT2D eigenvalue weighted by atomic mass is 32.1. The van der Waals surface area contributed by atoms with Crippen LogP contribution in [0.25, 0.3) is 75.8 Å². The highest BCUT2D eigenvalue weighted by Crippen LogP contribution is 2.52. The van der Waals surface area contributed by atoms with Crippen LogP contribution in [0.2, 0.25) is 0 Å². The van der Waals surface area contributed by atoms with Crippen molar-refractivity contribution < 1.29 is 0 Å². The lowest BCUT2D eigenvalue weighted by molar-refractivity contribution is 0.590. The molecule has 0 atom stereocenters. The maximum Gasteiger partial charge on any atom is 0.0540 e. The zero-order valence-corrected chi connectivity index (χ0v) is 37.3. The van der Waals surface area contributed by atoms with Gasteiger partial charge in [0.05, 0.1) is 11.4 Å². The second kappa shape index (κ2) is 15.1. The predicted octanol–water partition coefficient (Wildman–Crippen LogP) is 17.8. The SMILES string of the molecule is CC(C)(C)c1ccc(-c2ccc3c(c2)C(C)(C)c2ccc(-c4ccccc4N(c4cccc(-c5ccccc5)c4)c4ccccc4-c4ccc5c(c4)sc4ccccc45)cc2-3)cc1. The van der Waals surface area contributed by atoms with Crippen LogP contribution >= 0.6 is 11.3 Å². The molecule has 0 saturated heterocycles. The van der Waals surface area contributed by atoms with E-state index in [-0.39, 0.29) is 10.8 Å². The summed E-state index contributed by atoms with van der Waals surface area (Å²) < 4.78 is 2.62. The first kappa shape index (κ1) is 38.9. The van der Waals surface area contributed by atoms with Crippen molar-refractivity contribution in [1.29, 1.82) is 0 Å². The van der Waals surface area contributed by atoms with Crippen LogP contribution in [0.3, 0.4) is 0 Å². The molecule has 1 aliphatic carbocycles. The Balaban J connectivity index is 1.06. The van der Waals surface area contributed by atoms with Crippen LogP contribution in [0, 0.1) is 0 Å². The minimum atomic E-state index is -0.136. The van der Waals surface area contributed by atoms with Gasteiger partial charge in [-0.15, -0.1) is 11.3 Å². The van der Waals surface area contributed by atoms with Gasteiger partial charge in [0.15, 0.2) is 0 Å². The third kappa shape index (κ3) is 6.78. The van der Waals surface area contributed by atoms with E-state index in [9.17, 15) is 0 Å². The van der Waals surface area contributed by atoms with Crippen LogP contribution in [0.15, 0.2) is 206 Å². The molecule has 0 spiro atoms. The molecule has 1 aromatic heterocycles. The van der Waals surface area contributed by atoms with E-state index in [4.69, 9.17) is 0 Å². The van der Waals surface area contributed by atoms with Gasteiger partial charge < -0.3 is 4.90 Å². The molecule has 0 fully saturated rings. The molecule has 0 unspecified atom stereocenters. The maximum absolute atomic E-state index is 2.48. The average molecular weight is 828 g/mol. The largest absolute Gasteiger partial charge is 0.309 e. The molecule has 1 heterocycles. The van der Waals surface area contributed by atoms with Gasteiger partial charge in [0.25, 0.3) is 0 Å². The Morgan fingerprint density at radius 3 is 1.70 bits per heavy atom. The fourth-order valence-electron chi connectivity index (χ4n) is 9.85. The number of rotatable bonds is 7. The quantitative estimate of drug-likeness (QED) is 0.155. The lowest BCUT2D eigenvalue weighted by atomic mass is 9.81. The Morgan fingerprint density at radius 1 is 0.381 bits per heavy atom. The summed E-state index contributed by atoms with van der Waals surface area (Å²) >= 11 is 1.87. The lowest BCUT2D eigenvalue weighted by Gasteiger charge is -2.30. The fourth-order valence-corrected chi connectivity index (χ4v) is 11.0. The lowest BCUT2D eigenvalue weighted by Crippen LogP contribution is -2.15. The molecule has 1 aliphatic rings. The average Bonchev–Trinajstić information content (AvgIpc) is 3.80. The fraction of sp³-hybridized carbons (Fsp3) is 0.115. The first-order chi connectivity index (χ1) is 30.6. The van der Waals surface area contributed by atoms with Gasteiger partial charge in [0.2, 0.25) is 0 Å². The number of hydrogen-bond donors (Lipinski definition) is 0. The van der Waals surface area contributed by atoms with E-state index in [1.165, 1.54) is 92.5 Å². The molecule has 0 N–H and O–H groups in total. The molecular formula is C61H49NS. The standard InChI is InChI=1S/C61H49NS/c1-60(2,3)46-31-26-41(27-32-46)43-28-33-50-53-37-44(30-35-54(53)61(4,5)55(50)38-43)48-20-9-12-23-56(48)62(47-19-15-18-42(36-47)40-16-7-6-8-17-40)57-24-13-10-21-49(57)45-29-34-52-51-22-11-14-25-58(51)63-59(52)39-45/h6-39H,1-5H3. The summed E-state index contributed by atoms with van der Waals surface area (Å²) in [6.07, 6.45) is 0. The van der Waals surface area contributed by atoms with Gasteiger partial charge in [-0.25, -0.2) is 0 Å². The van der Waals surface area contributed by atoms with Crippen molar-refractivity contribution >= 4 is 48.6 Å². The number of fused-ring (bicyclic) bond motifs is 6. The summed E-state index contributed by atoms with van der Waals surface area (Å²) in [6.45, 7) is 11.6. The minimum Gasteiger partial charge on any atom is -0.309 e. The predicted molar refractivity (Wildman–Crippen MR) is 272 cm³/mol. The zero-order valence-electron chi connectivity index (χ0n) is 36.5. The Bertz CT molecular complexity index is 3340. The van der Waals surface area contributed by atoms with Crippen molar-refractivity contribution in [3.8, 4) is 55.6 Å². The molecule has 2 heteroatoms. The van der Waals surface area contributed by atoms with Crippen molar-refractivity contribution in [2.75, 3.05) is 4.90 Å². The summed E-state index contributed by atoms with van der Waals surface area (Å²) in [6, 6.07) is 76.7. The van der Waals surface area contributed by atoms with Crippen LogP contribution in [0.1, 0.15) is 51.3 Å². The van der Waals surface area contributed by atoms with Gasteiger partial charge in [0, 0.05) is 42.4 Å². The summed E-state index contributed by atoms with van der Waals surface area (Å²) in [7, 11) is 0. The molecule has 0 bridgehead atoms. The first-order valence-corrected chi connectivity index (χ1v) is 22.9. The van der Waals surface area contributed by atoms with E-state index in [0.717, 1.165) is 17.1 Å². The minimum absolute atomic E-state index is 0.123. The number of hydrogen-bond acceptors (Lipinski definition) is 2. The van der Waals surface area contributed by atoms with Gasteiger partial charge >= 0.3 is 0 Å². The van der Waals surface area contributed by atoms with Gasteiger partial charge in [-0.1, -0.05) is 192 Å². The van der Waals surface area contributed by atoms with E-state index in [1.807, 2.05) is 11.3 Å². The number of thiophene rings is 1. The summed E-state index contributed by atoms with van der Waals surface area (Å²) in [5.41, 5.74) is 19.7. The third-order valence-electron chi connectivity index (χ3n) is 13.3. The van der Waals surface area contributed by atoms with Gasteiger partial charge in [-0.05, 0) is 115 Å². The Labute approximate surface area is 375 Å². The summed E-state index contributed by atoms with van der Waals surface area (Å²) in [5.74, 6) is 0. The smallest absolute Gasteiger partial charge is 0.0540 e. The van der Waals surface area contributed by atoms with E-state index >= 15 is 0 Å². The molecule has 0 saturated carbocycles. The van der Waals surface area contributed by atoms with Gasteiger partial charge in [-0.2, -0.15) is 0 Å². The van der Waals surface area contributed by atoms with Crippen LogP contribution in [0.4, 0.5) is 17.1 Å². The van der Waals surface area contributed by atoms with E-state index in [0.29, 0.717) is 0 Å². The number of para-hydroxylation sites is 2. The topological polar surface area (TPSA) is 3.24 Å². The van der Waals surface area contributed by atoms with E-state index < -0.39 is 0 Å². The normalized spacial score (nSPS) is 13.0. The van der Waals surface area contributed by atoms with Gasteiger partial charge in [-0.3, -0.25) is 0 Å². The van der Waals surface area contributed by atoms with Gasteiger partial charge in [0.1, 0.15) is 0 Å². The maximum atomic E-state index is 2.48. The second-order valence-electron chi connectivity index (χ2n) is 18.6. The highest BCUT2D eigenvalue weighted by molar-refractivity contribution is 7.25. The zero-order chi connectivity index (χ0) is 42.9. The van der Waals surface area contributed by atoms with Crippen LogP contribution < -0.4 is 4.90 Å². The van der Waals surface area contributed by atoms with E-state index in [1.54, 1.807) is 0 Å². The molecule has 0 radical (unpaired) electrons. The number of nitrogens with zero attached hydrogens (tertiary/aromatic N) is 1. The molecule has 304 valence electrons. The van der Waals surface area contributed by atoms with Crippen molar-refractivity contribution in [2.24, 2.45) is 0 Å². The second-order valence-corrected chi connectivity index (χ2v) is 19.7. The molecule has 10 aromatic rings. The molecular weight excluding hydrogens is 779 g/mol. The summed E-state index contributed by atoms with van der Waals surface area (Å²) in [5, 5.41) is 2.62. The number of anilines is 3. The Hall–Kier alpha value is -7.00. The molecule has 63 heavy (non-hydrogen) atoms. The monoisotopic (exact) mass is 827 g/mol. The van der Waals surface area contributed by atoms with Crippen molar-refractivity contribution in [3.63, 3.8) is 0 Å². The molecule has 11 rings (SSSR count). The summed E-state index contributed by atoms with van der Waals surface area (Å²) in [4.78, 5) is 2.48. The van der Waals surface area contributed by atoms with Crippen molar-refractivity contribution in [2.45, 2.75) is 45.4 Å². The van der Waals surface area contributed by atoms with Crippen molar-refractivity contribution in [3.05, 3.63) is 223 Å². The molecule has 1 nitrogen and oxygen atoms in total. The molecule has 0 amide bonds. The Kier molecular flexibility index (Phi) is 9.33. The van der Waals surface area contributed by atoms with Crippen LogP contribution in [-0.2, 0) is 10.8 Å². The Morgan fingerprint density at radius 2 is 0.952 bits per heavy atom. The highest BCUT2D eigenvalue weighted by Gasteiger charge is 2.36. The van der Waals surface area contributed by atoms with E-state index in [2.05, 4.69) is 246 Å². The third-order valence-corrected chi connectivity index (χ3v) is 14.4. The van der Waals surface area contributed by atoms with Crippen LogP contribution in [-0.4, -0.2) is 0 Å². The van der Waals surface area contributed by atoms with Crippen molar-refractivity contribution in [1.82, 2.24) is 0 Å². The molecule has 0 aliphatic heterocycles.